The highest BCUT2D eigenvalue weighted by Gasteiger charge is 2.45. The minimum Gasteiger partial charge on any atom is -0.497 e. The lowest BCUT2D eigenvalue weighted by molar-refractivity contribution is -0.131. The molecular weight excluding hydrogens is 321 g/mol. The second-order valence-electron chi connectivity index (χ2n) is 6.38. The van der Waals surface area contributed by atoms with E-state index in [1.807, 2.05) is 18.2 Å². The Morgan fingerprint density at radius 1 is 1.20 bits per heavy atom. The number of hydrogen-bond donors (Lipinski definition) is 0. The van der Waals surface area contributed by atoms with Crippen LogP contribution in [0.5, 0.6) is 11.5 Å². The molecule has 132 valence electrons. The van der Waals surface area contributed by atoms with Crippen LogP contribution >= 0.6 is 0 Å². The molecule has 2 unspecified atom stereocenters. The van der Waals surface area contributed by atoms with E-state index in [1.165, 1.54) is 12.1 Å². The van der Waals surface area contributed by atoms with Gasteiger partial charge < -0.3 is 14.4 Å². The molecule has 0 spiro atoms. The standard InChI is InChI=1S/C20H22FNO3/c1-22(12-14-7-8-16(24-2)10-19(14)25-3)20(23)18-11-17(18)13-5-4-6-15(21)9-13/h4-10,17-18H,11-12H2,1-3H3. The number of amides is 1. The van der Waals surface area contributed by atoms with Crippen LogP contribution in [0.3, 0.4) is 0 Å². The van der Waals surface area contributed by atoms with E-state index in [1.54, 1.807) is 38.3 Å². The molecule has 5 heteroatoms. The van der Waals surface area contributed by atoms with Crippen molar-refractivity contribution in [2.75, 3.05) is 21.3 Å². The van der Waals surface area contributed by atoms with Gasteiger partial charge in [-0.2, -0.15) is 0 Å². The van der Waals surface area contributed by atoms with Crippen LogP contribution in [0.25, 0.3) is 0 Å². The van der Waals surface area contributed by atoms with Crippen molar-refractivity contribution < 1.29 is 18.7 Å². The Bertz CT molecular complexity index is 777. The monoisotopic (exact) mass is 343 g/mol. The zero-order chi connectivity index (χ0) is 18.0. The van der Waals surface area contributed by atoms with Crippen LogP contribution in [0.1, 0.15) is 23.5 Å². The van der Waals surface area contributed by atoms with E-state index in [2.05, 4.69) is 0 Å². The molecule has 0 bridgehead atoms. The molecule has 4 nitrogen and oxygen atoms in total. The first-order valence-corrected chi connectivity index (χ1v) is 8.25. The topological polar surface area (TPSA) is 38.8 Å². The fourth-order valence-electron chi connectivity index (χ4n) is 3.17. The number of carbonyl (C=O) groups excluding carboxylic acids is 1. The smallest absolute Gasteiger partial charge is 0.226 e. The summed E-state index contributed by atoms with van der Waals surface area (Å²) in [7, 11) is 4.98. The highest BCUT2D eigenvalue weighted by atomic mass is 19.1. The number of benzene rings is 2. The Morgan fingerprint density at radius 3 is 2.68 bits per heavy atom. The van der Waals surface area contributed by atoms with Gasteiger partial charge in [0.2, 0.25) is 5.91 Å². The van der Waals surface area contributed by atoms with Crippen LogP contribution in [0.4, 0.5) is 4.39 Å². The average molecular weight is 343 g/mol. The van der Waals surface area contributed by atoms with Crippen molar-refractivity contribution in [3.05, 3.63) is 59.4 Å². The van der Waals surface area contributed by atoms with E-state index in [0.717, 1.165) is 17.5 Å². The zero-order valence-electron chi connectivity index (χ0n) is 14.7. The second kappa shape index (κ2) is 7.13. The maximum Gasteiger partial charge on any atom is 0.226 e. The Labute approximate surface area is 147 Å². The lowest BCUT2D eigenvalue weighted by Gasteiger charge is -2.19. The van der Waals surface area contributed by atoms with Crippen LogP contribution in [0, 0.1) is 11.7 Å². The highest BCUT2D eigenvalue weighted by molar-refractivity contribution is 5.82. The van der Waals surface area contributed by atoms with E-state index >= 15 is 0 Å². The molecule has 25 heavy (non-hydrogen) atoms. The van der Waals surface area contributed by atoms with Gasteiger partial charge in [0.25, 0.3) is 0 Å². The van der Waals surface area contributed by atoms with Gasteiger partial charge in [0.05, 0.1) is 14.2 Å². The molecule has 1 amide bonds. The van der Waals surface area contributed by atoms with Crippen molar-refractivity contribution in [3.63, 3.8) is 0 Å². The molecular formula is C20H22FNO3. The van der Waals surface area contributed by atoms with Gasteiger partial charge in [0, 0.05) is 31.1 Å². The van der Waals surface area contributed by atoms with Crippen LogP contribution in [-0.4, -0.2) is 32.1 Å². The lowest BCUT2D eigenvalue weighted by atomic mass is 10.1. The summed E-state index contributed by atoms with van der Waals surface area (Å²) in [6.45, 7) is 0.457. The number of carbonyl (C=O) groups is 1. The van der Waals surface area contributed by atoms with Crippen LogP contribution in [-0.2, 0) is 11.3 Å². The summed E-state index contributed by atoms with van der Waals surface area (Å²) in [4.78, 5) is 14.4. The fraction of sp³-hybridized carbons (Fsp3) is 0.350. The number of ether oxygens (including phenoxy) is 2. The van der Waals surface area contributed by atoms with E-state index in [-0.39, 0.29) is 23.6 Å². The second-order valence-corrected chi connectivity index (χ2v) is 6.38. The zero-order valence-corrected chi connectivity index (χ0v) is 14.7. The van der Waals surface area contributed by atoms with Crippen molar-refractivity contribution in [3.8, 4) is 11.5 Å². The quantitative estimate of drug-likeness (QED) is 0.804. The summed E-state index contributed by atoms with van der Waals surface area (Å²) in [5, 5.41) is 0. The lowest BCUT2D eigenvalue weighted by Crippen LogP contribution is -2.28. The number of rotatable bonds is 6. The van der Waals surface area contributed by atoms with Crippen molar-refractivity contribution in [2.45, 2.75) is 18.9 Å². The summed E-state index contributed by atoms with van der Waals surface area (Å²) in [5.41, 5.74) is 1.82. The third-order valence-electron chi connectivity index (χ3n) is 4.66. The minimum absolute atomic E-state index is 0.0731. The molecule has 0 heterocycles. The molecule has 2 aromatic carbocycles. The third kappa shape index (κ3) is 3.76. The van der Waals surface area contributed by atoms with Gasteiger partial charge in [-0.1, -0.05) is 12.1 Å². The van der Waals surface area contributed by atoms with Crippen LogP contribution in [0.2, 0.25) is 0 Å². The van der Waals surface area contributed by atoms with Gasteiger partial charge in [0.15, 0.2) is 0 Å². The molecule has 1 aliphatic carbocycles. The number of methoxy groups -OCH3 is 2. The average Bonchev–Trinajstić information content (AvgIpc) is 3.42. The van der Waals surface area contributed by atoms with Crippen LogP contribution in [0.15, 0.2) is 42.5 Å². The Hall–Kier alpha value is -2.56. The third-order valence-corrected chi connectivity index (χ3v) is 4.66. The van der Waals surface area contributed by atoms with Gasteiger partial charge in [-0.25, -0.2) is 4.39 Å². The number of nitrogens with zero attached hydrogens (tertiary/aromatic N) is 1. The molecule has 2 atom stereocenters. The summed E-state index contributed by atoms with van der Waals surface area (Å²) in [6, 6.07) is 12.1. The van der Waals surface area contributed by atoms with E-state index in [0.29, 0.717) is 18.0 Å². The van der Waals surface area contributed by atoms with Crippen molar-refractivity contribution in [2.24, 2.45) is 5.92 Å². The Morgan fingerprint density at radius 2 is 2.00 bits per heavy atom. The predicted molar refractivity (Wildman–Crippen MR) is 93.3 cm³/mol. The van der Waals surface area contributed by atoms with E-state index < -0.39 is 0 Å². The van der Waals surface area contributed by atoms with Gasteiger partial charge >= 0.3 is 0 Å². The van der Waals surface area contributed by atoms with Gasteiger partial charge in [-0.15, -0.1) is 0 Å². The molecule has 3 rings (SSSR count). The molecule has 0 aliphatic heterocycles. The summed E-state index contributed by atoms with van der Waals surface area (Å²) < 4.78 is 23.9. The van der Waals surface area contributed by atoms with Gasteiger partial charge in [0.1, 0.15) is 17.3 Å². The molecule has 0 aromatic heterocycles. The van der Waals surface area contributed by atoms with Crippen molar-refractivity contribution in [1.29, 1.82) is 0 Å². The van der Waals surface area contributed by atoms with Gasteiger partial charge in [-0.05, 0) is 42.2 Å². The fourth-order valence-corrected chi connectivity index (χ4v) is 3.17. The molecule has 1 fully saturated rings. The van der Waals surface area contributed by atoms with E-state index in [4.69, 9.17) is 9.47 Å². The Kier molecular flexibility index (Phi) is 4.93. The van der Waals surface area contributed by atoms with E-state index in [9.17, 15) is 9.18 Å². The predicted octanol–water partition coefficient (Wildman–Crippen LogP) is 3.61. The molecule has 1 aliphatic rings. The van der Waals surface area contributed by atoms with Crippen molar-refractivity contribution >= 4 is 5.91 Å². The van der Waals surface area contributed by atoms with Crippen molar-refractivity contribution in [1.82, 2.24) is 4.90 Å². The SMILES string of the molecule is COc1ccc(CN(C)C(=O)C2CC2c2cccc(F)c2)c(OC)c1. The highest BCUT2D eigenvalue weighted by Crippen LogP contribution is 2.48. The maximum atomic E-state index is 13.4. The van der Waals surface area contributed by atoms with Crippen LogP contribution < -0.4 is 9.47 Å². The molecule has 2 aromatic rings. The first-order valence-electron chi connectivity index (χ1n) is 8.25. The molecule has 1 saturated carbocycles. The molecule has 0 radical (unpaired) electrons. The largest absolute Gasteiger partial charge is 0.497 e. The normalized spacial score (nSPS) is 18.6. The number of halogens is 1. The maximum absolute atomic E-state index is 13.4. The summed E-state index contributed by atoms with van der Waals surface area (Å²) >= 11 is 0. The molecule has 0 saturated heterocycles. The summed E-state index contributed by atoms with van der Waals surface area (Å²) in [6.07, 6.45) is 0.770. The summed E-state index contributed by atoms with van der Waals surface area (Å²) in [5.74, 6) is 1.26. The first kappa shape index (κ1) is 17.3. The number of hydrogen-bond acceptors (Lipinski definition) is 3. The first-order chi connectivity index (χ1) is 12.0. The Balaban J connectivity index is 1.66. The minimum atomic E-state index is -0.257. The van der Waals surface area contributed by atoms with Gasteiger partial charge in [-0.3, -0.25) is 4.79 Å². The molecule has 0 N–H and O–H groups in total.